The minimum absolute atomic E-state index is 0.105. The van der Waals surface area contributed by atoms with Crippen molar-refractivity contribution in [1.29, 1.82) is 0 Å². The Kier molecular flexibility index (Phi) is 3.17. The maximum atomic E-state index is 13.4. The van der Waals surface area contributed by atoms with E-state index in [0.717, 1.165) is 22.9 Å². The van der Waals surface area contributed by atoms with Crippen molar-refractivity contribution in [2.45, 2.75) is 13.5 Å². The molecule has 0 saturated carbocycles. The molecule has 0 spiro atoms. The number of hydrogen-bond acceptors (Lipinski definition) is 2. The standard InChI is InChI=1S/C16H13FN2O2/c1-10-18-14-4-2-3-5-15(14)19(10)9-11-8-12(17)6-7-13(11)16(20)21/h2-8H,9H2,1H3,(H,20,21). The first kappa shape index (κ1) is 13.3. The van der Waals surface area contributed by atoms with Gasteiger partial charge in [-0.2, -0.15) is 0 Å². The highest BCUT2D eigenvalue weighted by Gasteiger charge is 2.14. The van der Waals surface area contributed by atoms with Crippen LogP contribution in [0, 0.1) is 12.7 Å². The molecule has 0 aliphatic heterocycles. The molecule has 1 aromatic heterocycles. The number of fused-ring (bicyclic) bond motifs is 1. The molecule has 5 heteroatoms. The molecule has 0 amide bonds. The molecular weight excluding hydrogens is 271 g/mol. The van der Waals surface area contributed by atoms with E-state index < -0.39 is 11.8 Å². The monoisotopic (exact) mass is 284 g/mol. The summed E-state index contributed by atoms with van der Waals surface area (Å²) in [6.45, 7) is 2.12. The minimum Gasteiger partial charge on any atom is -0.478 e. The SMILES string of the molecule is Cc1nc2ccccc2n1Cc1cc(F)ccc1C(=O)O. The number of nitrogens with zero attached hydrogens (tertiary/aromatic N) is 2. The highest BCUT2D eigenvalue weighted by Crippen LogP contribution is 2.20. The van der Waals surface area contributed by atoms with Crippen LogP contribution in [0.25, 0.3) is 11.0 Å². The summed E-state index contributed by atoms with van der Waals surface area (Å²) in [5.74, 6) is -0.749. The van der Waals surface area contributed by atoms with Crippen LogP contribution in [-0.2, 0) is 6.54 Å². The molecule has 21 heavy (non-hydrogen) atoms. The van der Waals surface area contributed by atoms with Gasteiger partial charge in [0.2, 0.25) is 0 Å². The molecule has 1 N–H and O–H groups in total. The summed E-state index contributed by atoms with van der Waals surface area (Å²) in [5.41, 5.74) is 2.27. The third-order valence-electron chi connectivity index (χ3n) is 3.47. The van der Waals surface area contributed by atoms with E-state index in [9.17, 15) is 14.3 Å². The van der Waals surface area contributed by atoms with E-state index in [1.165, 1.54) is 12.1 Å². The lowest BCUT2D eigenvalue weighted by atomic mass is 10.1. The number of carboxylic acids is 1. The number of hydrogen-bond donors (Lipinski definition) is 1. The summed E-state index contributed by atoms with van der Waals surface area (Å²) in [6.07, 6.45) is 0. The second kappa shape index (κ2) is 5.01. The number of rotatable bonds is 3. The van der Waals surface area contributed by atoms with E-state index in [2.05, 4.69) is 4.98 Å². The molecule has 106 valence electrons. The first-order valence-corrected chi connectivity index (χ1v) is 6.50. The van der Waals surface area contributed by atoms with Crippen molar-refractivity contribution in [3.63, 3.8) is 0 Å². The van der Waals surface area contributed by atoms with Crippen molar-refractivity contribution >= 4 is 17.0 Å². The van der Waals surface area contributed by atoms with E-state index in [1.807, 2.05) is 35.8 Å². The van der Waals surface area contributed by atoms with Crippen LogP contribution in [0.1, 0.15) is 21.7 Å². The predicted octanol–water partition coefficient (Wildman–Crippen LogP) is 3.23. The summed E-state index contributed by atoms with van der Waals surface area (Å²) in [4.78, 5) is 15.7. The fourth-order valence-electron chi connectivity index (χ4n) is 2.47. The van der Waals surface area contributed by atoms with Crippen LogP contribution < -0.4 is 0 Å². The zero-order valence-electron chi connectivity index (χ0n) is 11.4. The zero-order valence-corrected chi connectivity index (χ0v) is 11.4. The van der Waals surface area contributed by atoms with E-state index in [-0.39, 0.29) is 12.1 Å². The molecular formula is C16H13FN2O2. The molecule has 0 aliphatic carbocycles. The van der Waals surface area contributed by atoms with Crippen molar-refractivity contribution in [3.8, 4) is 0 Å². The lowest BCUT2D eigenvalue weighted by molar-refractivity contribution is 0.0695. The Morgan fingerprint density at radius 1 is 1.29 bits per heavy atom. The van der Waals surface area contributed by atoms with Gasteiger partial charge in [-0.3, -0.25) is 0 Å². The number of benzene rings is 2. The molecule has 0 saturated heterocycles. The molecule has 3 aromatic rings. The van der Waals surface area contributed by atoms with Gasteiger partial charge in [0.05, 0.1) is 23.1 Å². The van der Waals surface area contributed by atoms with Gasteiger partial charge in [-0.05, 0) is 42.8 Å². The van der Waals surface area contributed by atoms with Crippen LogP contribution >= 0.6 is 0 Å². The third kappa shape index (κ3) is 2.38. The molecule has 1 heterocycles. The Morgan fingerprint density at radius 2 is 2.05 bits per heavy atom. The third-order valence-corrected chi connectivity index (χ3v) is 3.47. The zero-order chi connectivity index (χ0) is 15.0. The van der Waals surface area contributed by atoms with Crippen LogP contribution in [-0.4, -0.2) is 20.6 Å². The lowest BCUT2D eigenvalue weighted by Crippen LogP contribution is -2.09. The van der Waals surface area contributed by atoms with Gasteiger partial charge in [-0.25, -0.2) is 14.2 Å². The number of carboxylic acid groups (broad SMARTS) is 1. The summed E-state index contributed by atoms with van der Waals surface area (Å²) in [5, 5.41) is 9.22. The lowest BCUT2D eigenvalue weighted by Gasteiger charge is -2.10. The highest BCUT2D eigenvalue weighted by atomic mass is 19.1. The average Bonchev–Trinajstić information content (AvgIpc) is 2.75. The number of aryl methyl sites for hydroxylation is 1. The van der Waals surface area contributed by atoms with Crippen molar-refractivity contribution in [3.05, 3.63) is 65.2 Å². The fraction of sp³-hybridized carbons (Fsp3) is 0.125. The van der Waals surface area contributed by atoms with E-state index in [4.69, 9.17) is 0 Å². The largest absolute Gasteiger partial charge is 0.478 e. The van der Waals surface area contributed by atoms with Crippen LogP contribution in [0.3, 0.4) is 0 Å². The van der Waals surface area contributed by atoms with Crippen LogP contribution in [0.5, 0.6) is 0 Å². The molecule has 2 aromatic carbocycles. The fourth-order valence-corrected chi connectivity index (χ4v) is 2.47. The van der Waals surface area contributed by atoms with E-state index in [0.29, 0.717) is 5.56 Å². The molecule has 0 atom stereocenters. The Balaban J connectivity index is 2.13. The summed E-state index contributed by atoms with van der Waals surface area (Å²) < 4.78 is 15.3. The van der Waals surface area contributed by atoms with Crippen LogP contribution in [0.4, 0.5) is 4.39 Å². The van der Waals surface area contributed by atoms with Crippen molar-refractivity contribution in [1.82, 2.24) is 9.55 Å². The van der Waals surface area contributed by atoms with Crippen LogP contribution in [0.15, 0.2) is 42.5 Å². The first-order chi connectivity index (χ1) is 10.1. The van der Waals surface area contributed by atoms with E-state index in [1.54, 1.807) is 0 Å². The van der Waals surface area contributed by atoms with Gasteiger partial charge in [-0.15, -0.1) is 0 Å². The predicted molar refractivity (Wildman–Crippen MR) is 76.9 cm³/mol. The quantitative estimate of drug-likeness (QED) is 0.803. The topological polar surface area (TPSA) is 55.1 Å². The molecule has 0 aliphatic rings. The molecule has 0 fully saturated rings. The molecule has 3 rings (SSSR count). The summed E-state index contributed by atoms with van der Waals surface area (Å²) >= 11 is 0. The van der Waals surface area contributed by atoms with Crippen molar-refractivity contribution in [2.24, 2.45) is 0 Å². The molecule has 0 bridgehead atoms. The number of imidazole rings is 1. The Labute approximate surface area is 120 Å². The van der Waals surface area contributed by atoms with Gasteiger partial charge < -0.3 is 9.67 Å². The van der Waals surface area contributed by atoms with E-state index >= 15 is 0 Å². The van der Waals surface area contributed by atoms with Crippen molar-refractivity contribution < 1.29 is 14.3 Å². The summed E-state index contributed by atoms with van der Waals surface area (Å²) in [7, 11) is 0. The maximum absolute atomic E-state index is 13.4. The number of halogens is 1. The number of aromatic nitrogens is 2. The maximum Gasteiger partial charge on any atom is 0.336 e. The molecule has 4 nitrogen and oxygen atoms in total. The second-order valence-corrected chi connectivity index (χ2v) is 4.84. The smallest absolute Gasteiger partial charge is 0.336 e. The van der Waals surface area contributed by atoms with Gasteiger partial charge in [0.15, 0.2) is 0 Å². The number of para-hydroxylation sites is 2. The van der Waals surface area contributed by atoms with Gasteiger partial charge in [-0.1, -0.05) is 12.1 Å². The van der Waals surface area contributed by atoms with Crippen molar-refractivity contribution in [2.75, 3.05) is 0 Å². The Morgan fingerprint density at radius 3 is 2.81 bits per heavy atom. The second-order valence-electron chi connectivity index (χ2n) is 4.84. The number of carbonyl (C=O) groups is 1. The summed E-state index contributed by atoms with van der Waals surface area (Å²) in [6, 6.07) is 11.3. The average molecular weight is 284 g/mol. The first-order valence-electron chi connectivity index (χ1n) is 6.50. The highest BCUT2D eigenvalue weighted by molar-refractivity contribution is 5.89. The minimum atomic E-state index is -1.06. The van der Waals surface area contributed by atoms with Gasteiger partial charge in [0, 0.05) is 0 Å². The van der Waals surface area contributed by atoms with Gasteiger partial charge in [0.25, 0.3) is 0 Å². The number of aromatic carboxylic acids is 1. The van der Waals surface area contributed by atoms with Crippen LogP contribution in [0.2, 0.25) is 0 Å². The van der Waals surface area contributed by atoms with Gasteiger partial charge >= 0.3 is 5.97 Å². The molecule has 0 radical (unpaired) electrons. The van der Waals surface area contributed by atoms with Gasteiger partial charge in [0.1, 0.15) is 11.6 Å². The molecule has 0 unspecified atom stereocenters. The normalized spacial score (nSPS) is 11.0. The Hall–Kier alpha value is -2.69. The Bertz CT molecular complexity index is 839.